The molecule has 1 heterocycles. The number of hydrogen-bond acceptors (Lipinski definition) is 5. The maximum absolute atomic E-state index is 13.4. The summed E-state index contributed by atoms with van der Waals surface area (Å²) in [5.41, 5.74) is 0.731. The maximum Gasteiger partial charge on any atom is 0.196 e. The van der Waals surface area contributed by atoms with E-state index < -0.39 is 11.6 Å². The molecular formula is C20H19F3N4OS. The summed E-state index contributed by atoms with van der Waals surface area (Å²) in [7, 11) is 3.79. The predicted octanol–water partition coefficient (Wildman–Crippen LogP) is 4.28. The summed E-state index contributed by atoms with van der Waals surface area (Å²) in [5.74, 6) is -2.23. The number of nitrogens with zero attached hydrogens (tertiary/aromatic N) is 4. The number of ketones is 1. The van der Waals surface area contributed by atoms with E-state index in [1.165, 1.54) is 18.2 Å². The van der Waals surface area contributed by atoms with E-state index in [1.807, 2.05) is 25.9 Å². The van der Waals surface area contributed by atoms with E-state index in [1.54, 1.807) is 16.7 Å². The number of thioether (sulfide) groups is 1. The van der Waals surface area contributed by atoms with Gasteiger partial charge in [-0.1, -0.05) is 11.8 Å². The second kappa shape index (κ2) is 8.79. The van der Waals surface area contributed by atoms with Crippen LogP contribution < -0.4 is 0 Å². The van der Waals surface area contributed by atoms with Crippen molar-refractivity contribution in [2.75, 3.05) is 19.8 Å². The Morgan fingerprint density at radius 1 is 1.07 bits per heavy atom. The molecule has 0 aliphatic heterocycles. The maximum atomic E-state index is 13.4. The monoisotopic (exact) mass is 420 g/mol. The predicted molar refractivity (Wildman–Crippen MR) is 105 cm³/mol. The molecule has 0 saturated heterocycles. The summed E-state index contributed by atoms with van der Waals surface area (Å²) in [6.07, 6.45) is 0. The number of hydrogen-bond donors (Lipinski definition) is 0. The lowest BCUT2D eigenvalue weighted by Crippen LogP contribution is -2.20. The lowest BCUT2D eigenvalue weighted by atomic mass is 10.1. The Morgan fingerprint density at radius 2 is 1.76 bits per heavy atom. The molecule has 1 atom stereocenters. The van der Waals surface area contributed by atoms with Crippen molar-refractivity contribution in [1.29, 1.82) is 0 Å². The Balaban J connectivity index is 1.89. The lowest BCUT2D eigenvalue weighted by Gasteiger charge is -2.20. The molecule has 0 N–H and O–H groups in total. The van der Waals surface area contributed by atoms with Gasteiger partial charge in [0.05, 0.1) is 11.8 Å². The molecule has 0 saturated carbocycles. The fraction of sp³-hybridized carbons (Fsp3) is 0.250. The van der Waals surface area contributed by atoms with Crippen molar-refractivity contribution in [3.05, 3.63) is 71.3 Å². The molecule has 0 radical (unpaired) electrons. The van der Waals surface area contributed by atoms with Gasteiger partial charge in [-0.05, 0) is 63.5 Å². The quantitative estimate of drug-likeness (QED) is 0.422. The summed E-state index contributed by atoms with van der Waals surface area (Å²) in [5, 5.41) is 8.87. The highest BCUT2D eigenvalue weighted by molar-refractivity contribution is 7.99. The van der Waals surface area contributed by atoms with Crippen LogP contribution in [0.25, 0.3) is 5.69 Å². The molecule has 0 fully saturated rings. The fourth-order valence-corrected chi connectivity index (χ4v) is 3.45. The highest BCUT2D eigenvalue weighted by Gasteiger charge is 2.22. The highest BCUT2D eigenvalue weighted by atomic mass is 32.2. The molecule has 1 aromatic heterocycles. The van der Waals surface area contributed by atoms with Gasteiger partial charge < -0.3 is 0 Å². The first kappa shape index (κ1) is 21.1. The van der Waals surface area contributed by atoms with Gasteiger partial charge in [0.15, 0.2) is 28.4 Å². The molecule has 0 spiro atoms. The molecule has 152 valence electrons. The molecule has 3 rings (SSSR count). The summed E-state index contributed by atoms with van der Waals surface area (Å²) in [4.78, 5) is 14.3. The van der Waals surface area contributed by atoms with Crippen molar-refractivity contribution in [2.24, 2.45) is 0 Å². The van der Waals surface area contributed by atoms with Crippen LogP contribution in [0.2, 0.25) is 0 Å². The summed E-state index contributed by atoms with van der Waals surface area (Å²) >= 11 is 1.12. The van der Waals surface area contributed by atoms with E-state index in [2.05, 4.69) is 10.2 Å². The number of Topliss-reactive ketones (excluding diaryl/α,β-unsaturated/α-hetero) is 1. The Bertz CT molecular complexity index is 1020. The van der Waals surface area contributed by atoms with E-state index in [9.17, 15) is 18.0 Å². The standard InChI is InChI=1S/C20H19F3N4OS/c1-12(26(2)3)19-24-25-20(27(19)15-7-5-14(21)6-8-15)29-11-18(28)13-4-9-16(22)17(23)10-13/h4-10,12H,11H2,1-3H3/t12-/m1/s1. The largest absolute Gasteiger partial charge is 0.300 e. The fourth-order valence-electron chi connectivity index (χ4n) is 2.59. The van der Waals surface area contributed by atoms with Crippen LogP contribution in [0, 0.1) is 17.5 Å². The van der Waals surface area contributed by atoms with Crippen molar-refractivity contribution in [3.8, 4) is 5.69 Å². The average Bonchev–Trinajstić information content (AvgIpc) is 3.11. The SMILES string of the molecule is C[C@H](c1nnc(SCC(=O)c2ccc(F)c(F)c2)n1-c1ccc(F)cc1)N(C)C. The van der Waals surface area contributed by atoms with Crippen LogP contribution in [0.15, 0.2) is 47.6 Å². The number of halogens is 3. The molecule has 0 aliphatic rings. The van der Waals surface area contributed by atoms with Gasteiger partial charge in [0.25, 0.3) is 0 Å². The van der Waals surface area contributed by atoms with Gasteiger partial charge in [-0.15, -0.1) is 10.2 Å². The van der Waals surface area contributed by atoms with Crippen LogP contribution in [-0.4, -0.2) is 45.3 Å². The summed E-state index contributed by atoms with van der Waals surface area (Å²) < 4.78 is 41.6. The van der Waals surface area contributed by atoms with Crippen LogP contribution in [-0.2, 0) is 0 Å². The summed E-state index contributed by atoms with van der Waals surface area (Å²) in [6.45, 7) is 1.95. The van der Waals surface area contributed by atoms with Crippen LogP contribution in [0.1, 0.15) is 29.1 Å². The zero-order valence-corrected chi connectivity index (χ0v) is 16.9. The molecule has 5 nitrogen and oxygen atoms in total. The van der Waals surface area contributed by atoms with Gasteiger partial charge in [0, 0.05) is 11.3 Å². The first-order valence-electron chi connectivity index (χ1n) is 8.76. The van der Waals surface area contributed by atoms with Crippen molar-refractivity contribution in [2.45, 2.75) is 18.1 Å². The van der Waals surface area contributed by atoms with Crippen LogP contribution >= 0.6 is 11.8 Å². The topological polar surface area (TPSA) is 51.0 Å². The highest BCUT2D eigenvalue weighted by Crippen LogP contribution is 2.27. The molecule has 0 unspecified atom stereocenters. The Kier molecular flexibility index (Phi) is 6.39. The molecular weight excluding hydrogens is 401 g/mol. The first-order chi connectivity index (χ1) is 13.8. The number of carbonyl (C=O) groups is 1. The van der Waals surface area contributed by atoms with Crippen LogP contribution in [0.3, 0.4) is 0 Å². The van der Waals surface area contributed by atoms with E-state index in [0.717, 1.165) is 23.9 Å². The number of benzene rings is 2. The van der Waals surface area contributed by atoms with E-state index in [4.69, 9.17) is 0 Å². The van der Waals surface area contributed by atoms with E-state index in [0.29, 0.717) is 16.7 Å². The second-order valence-electron chi connectivity index (χ2n) is 6.63. The third kappa shape index (κ3) is 4.68. The van der Waals surface area contributed by atoms with Gasteiger partial charge in [-0.3, -0.25) is 14.3 Å². The summed E-state index contributed by atoms with van der Waals surface area (Å²) in [6, 6.07) is 8.82. The van der Waals surface area contributed by atoms with Crippen LogP contribution in [0.4, 0.5) is 13.2 Å². The molecule has 0 amide bonds. The molecule has 9 heteroatoms. The molecule has 0 aliphatic carbocycles. The van der Waals surface area contributed by atoms with Crippen molar-refractivity contribution in [3.63, 3.8) is 0 Å². The zero-order chi connectivity index (χ0) is 21.1. The Morgan fingerprint density at radius 3 is 2.38 bits per heavy atom. The third-order valence-electron chi connectivity index (χ3n) is 4.47. The van der Waals surface area contributed by atoms with Gasteiger partial charge in [-0.25, -0.2) is 13.2 Å². The minimum absolute atomic E-state index is 0.0409. The van der Waals surface area contributed by atoms with Gasteiger partial charge in [-0.2, -0.15) is 0 Å². The van der Waals surface area contributed by atoms with E-state index >= 15 is 0 Å². The minimum atomic E-state index is -1.07. The molecule has 0 bridgehead atoms. The molecule has 29 heavy (non-hydrogen) atoms. The van der Waals surface area contributed by atoms with Crippen molar-refractivity contribution >= 4 is 17.5 Å². The van der Waals surface area contributed by atoms with Crippen molar-refractivity contribution < 1.29 is 18.0 Å². The molecule has 2 aromatic carbocycles. The van der Waals surface area contributed by atoms with Gasteiger partial charge in [0.2, 0.25) is 0 Å². The number of rotatable bonds is 7. The first-order valence-corrected chi connectivity index (χ1v) is 9.75. The van der Waals surface area contributed by atoms with E-state index in [-0.39, 0.29) is 29.0 Å². The number of carbonyl (C=O) groups excluding carboxylic acids is 1. The average molecular weight is 420 g/mol. The number of aromatic nitrogens is 3. The van der Waals surface area contributed by atoms with Gasteiger partial charge >= 0.3 is 0 Å². The van der Waals surface area contributed by atoms with Crippen LogP contribution in [0.5, 0.6) is 0 Å². The second-order valence-corrected chi connectivity index (χ2v) is 7.58. The van der Waals surface area contributed by atoms with Crippen molar-refractivity contribution in [1.82, 2.24) is 19.7 Å². The molecule has 3 aromatic rings. The van der Waals surface area contributed by atoms with Gasteiger partial charge in [0.1, 0.15) is 5.82 Å². The minimum Gasteiger partial charge on any atom is -0.300 e. The third-order valence-corrected chi connectivity index (χ3v) is 5.39. The lowest BCUT2D eigenvalue weighted by molar-refractivity contribution is 0.102. The Labute approximate surface area is 170 Å². The zero-order valence-electron chi connectivity index (χ0n) is 16.1. The smallest absolute Gasteiger partial charge is 0.196 e. The normalized spacial score (nSPS) is 12.4. The Hall–Kier alpha value is -2.65.